The topological polar surface area (TPSA) is 66.9 Å². The van der Waals surface area contributed by atoms with Crippen LogP contribution in [0, 0.1) is 12.8 Å². The van der Waals surface area contributed by atoms with Crippen LogP contribution in [0.1, 0.15) is 72.5 Å². The Morgan fingerprint density at radius 3 is 2.49 bits per heavy atom. The number of carbonyl (C=O) groups is 3. The number of esters is 1. The number of amides is 2. The summed E-state index contributed by atoms with van der Waals surface area (Å²) in [6.45, 7) is 6.03. The summed E-state index contributed by atoms with van der Waals surface area (Å²) in [5.74, 6) is -0.194. The van der Waals surface area contributed by atoms with Crippen LogP contribution in [-0.4, -0.2) is 58.6 Å². The molecule has 39 heavy (non-hydrogen) atoms. The van der Waals surface area contributed by atoms with Gasteiger partial charge in [-0.2, -0.15) is 0 Å². The Balaban J connectivity index is 1.27. The average Bonchev–Trinajstić information content (AvgIpc) is 2.95. The van der Waals surface area contributed by atoms with Crippen LogP contribution in [0.2, 0.25) is 0 Å². The normalized spacial score (nSPS) is 23.0. The molecule has 2 aromatic rings. The van der Waals surface area contributed by atoms with E-state index in [9.17, 15) is 14.4 Å². The fourth-order valence-corrected chi connectivity index (χ4v) is 7.48. The Morgan fingerprint density at radius 2 is 1.77 bits per heavy atom. The third kappa shape index (κ3) is 6.40. The van der Waals surface area contributed by atoms with Gasteiger partial charge in [-0.1, -0.05) is 54.8 Å². The number of nitrogens with zero attached hydrogens (tertiary/aromatic N) is 2. The van der Waals surface area contributed by atoms with Crippen LogP contribution in [0.25, 0.3) is 6.08 Å². The zero-order valence-corrected chi connectivity index (χ0v) is 23.8. The molecule has 0 spiro atoms. The number of ether oxygens (including phenoxy) is 1. The lowest BCUT2D eigenvalue weighted by atomic mass is 9.92. The predicted molar refractivity (Wildman–Crippen MR) is 155 cm³/mol. The second-order valence-corrected chi connectivity index (χ2v) is 12.2. The molecule has 2 unspecified atom stereocenters. The minimum absolute atomic E-state index is 0.0194. The van der Waals surface area contributed by atoms with E-state index in [0.29, 0.717) is 49.9 Å². The molecule has 2 aliphatic heterocycles. The largest absolute Gasteiger partial charge is 0.466 e. The fraction of sp³-hybridized carbons (Fsp3) is 0.469. The Labute approximate surface area is 235 Å². The lowest BCUT2D eigenvalue weighted by Gasteiger charge is -2.44. The van der Waals surface area contributed by atoms with E-state index in [1.807, 2.05) is 42.2 Å². The van der Waals surface area contributed by atoms with E-state index in [4.69, 9.17) is 4.74 Å². The maximum absolute atomic E-state index is 13.7. The van der Waals surface area contributed by atoms with E-state index in [0.717, 1.165) is 23.3 Å². The highest BCUT2D eigenvalue weighted by molar-refractivity contribution is 8.04. The van der Waals surface area contributed by atoms with E-state index in [-0.39, 0.29) is 29.7 Å². The molecule has 0 N–H and O–H groups in total. The van der Waals surface area contributed by atoms with Crippen molar-refractivity contribution in [2.75, 3.05) is 19.7 Å². The minimum atomic E-state index is -0.158. The van der Waals surface area contributed by atoms with E-state index < -0.39 is 0 Å². The molecule has 5 rings (SSSR count). The van der Waals surface area contributed by atoms with Gasteiger partial charge in [-0.15, -0.1) is 11.8 Å². The number of piperidine rings is 1. The van der Waals surface area contributed by atoms with Gasteiger partial charge in [-0.25, -0.2) is 0 Å². The van der Waals surface area contributed by atoms with Gasteiger partial charge in [0.25, 0.3) is 11.8 Å². The van der Waals surface area contributed by atoms with E-state index in [2.05, 4.69) is 36.1 Å². The number of rotatable bonds is 6. The second kappa shape index (κ2) is 12.4. The minimum Gasteiger partial charge on any atom is -0.466 e. The smallest absolute Gasteiger partial charge is 0.309 e. The summed E-state index contributed by atoms with van der Waals surface area (Å²) < 4.78 is 5.14. The zero-order valence-electron chi connectivity index (χ0n) is 22.9. The molecule has 206 valence electrons. The number of carbonyl (C=O) groups excluding carboxylic acids is 3. The number of fused-ring (bicyclic) bond motifs is 1. The molecular formula is C32H38N2O4S. The zero-order chi connectivity index (χ0) is 27.4. The molecule has 6 nitrogen and oxygen atoms in total. The Kier molecular flexibility index (Phi) is 8.75. The van der Waals surface area contributed by atoms with Gasteiger partial charge in [-0.05, 0) is 68.9 Å². The van der Waals surface area contributed by atoms with Crippen molar-refractivity contribution in [1.29, 1.82) is 0 Å². The van der Waals surface area contributed by atoms with Crippen LogP contribution in [0.5, 0.6) is 0 Å². The molecule has 0 radical (unpaired) electrons. The molecule has 2 saturated heterocycles. The number of hydrogen-bond donors (Lipinski definition) is 0. The summed E-state index contributed by atoms with van der Waals surface area (Å²) >= 11 is 1.73. The number of thioether (sulfide) groups is 1. The van der Waals surface area contributed by atoms with Crippen molar-refractivity contribution in [3.05, 3.63) is 75.7 Å². The molecule has 1 saturated carbocycles. The standard InChI is InChI=1S/C32H38N2O4S/c1-3-38-32(37)26-15-17-33(18-16-26)30(35)25-13-11-23(12-14-25)20-29-31(36)34(21-24-8-6-7-22(2)19-24)27-9-4-5-10-28(27)39-29/h6-8,11-14,19-20,26-28H,3-5,9-10,15-18,21H2,1-2H3/b29-20+. The molecule has 2 heterocycles. The van der Waals surface area contributed by atoms with Gasteiger partial charge in [0.15, 0.2) is 0 Å². The number of hydrogen-bond acceptors (Lipinski definition) is 5. The molecule has 2 amide bonds. The van der Waals surface area contributed by atoms with Crippen molar-refractivity contribution < 1.29 is 19.1 Å². The van der Waals surface area contributed by atoms with Crippen LogP contribution < -0.4 is 0 Å². The molecule has 0 aromatic heterocycles. The first-order valence-electron chi connectivity index (χ1n) is 14.2. The molecule has 2 aromatic carbocycles. The van der Waals surface area contributed by atoms with Crippen molar-refractivity contribution in [2.24, 2.45) is 5.92 Å². The summed E-state index contributed by atoms with van der Waals surface area (Å²) in [7, 11) is 0. The highest BCUT2D eigenvalue weighted by atomic mass is 32.2. The first-order chi connectivity index (χ1) is 18.9. The van der Waals surface area contributed by atoms with E-state index >= 15 is 0 Å². The van der Waals surface area contributed by atoms with Gasteiger partial charge in [0.05, 0.1) is 17.4 Å². The summed E-state index contributed by atoms with van der Waals surface area (Å²) in [6.07, 6.45) is 7.84. The number of likely N-dealkylation sites (tertiary alicyclic amines) is 1. The van der Waals surface area contributed by atoms with Gasteiger partial charge in [0.2, 0.25) is 0 Å². The fourth-order valence-electron chi connectivity index (χ4n) is 6.00. The Hall–Kier alpha value is -3.06. The summed E-state index contributed by atoms with van der Waals surface area (Å²) in [4.78, 5) is 43.5. The predicted octanol–water partition coefficient (Wildman–Crippen LogP) is 5.84. The quantitative estimate of drug-likeness (QED) is 0.337. The number of benzene rings is 2. The first kappa shape index (κ1) is 27.5. The van der Waals surface area contributed by atoms with Gasteiger partial charge < -0.3 is 14.5 Å². The maximum Gasteiger partial charge on any atom is 0.309 e. The lowest BCUT2D eigenvalue weighted by molar-refractivity contribution is -0.149. The summed E-state index contributed by atoms with van der Waals surface area (Å²) in [5, 5.41) is 0.422. The Bertz CT molecular complexity index is 1230. The molecule has 1 aliphatic carbocycles. The molecule has 7 heteroatoms. The van der Waals surface area contributed by atoms with E-state index in [1.54, 1.807) is 11.8 Å². The highest BCUT2D eigenvalue weighted by Crippen LogP contribution is 2.42. The van der Waals surface area contributed by atoms with Crippen LogP contribution in [0.15, 0.2) is 53.4 Å². The van der Waals surface area contributed by atoms with Crippen LogP contribution in [0.3, 0.4) is 0 Å². The van der Waals surface area contributed by atoms with Gasteiger partial charge in [-0.3, -0.25) is 14.4 Å². The highest BCUT2D eigenvalue weighted by Gasteiger charge is 2.40. The lowest BCUT2D eigenvalue weighted by Crippen LogP contribution is -2.50. The molecule has 3 fully saturated rings. The van der Waals surface area contributed by atoms with E-state index in [1.165, 1.54) is 24.0 Å². The SMILES string of the molecule is CCOC(=O)C1CCN(C(=O)c2ccc(/C=C3/SC4CCCCC4N(Cc4cccc(C)c4)C3=O)cc2)CC1. The van der Waals surface area contributed by atoms with Crippen molar-refractivity contribution >= 4 is 35.6 Å². The van der Waals surface area contributed by atoms with Crippen LogP contribution in [-0.2, 0) is 20.9 Å². The van der Waals surface area contributed by atoms with Crippen LogP contribution >= 0.6 is 11.8 Å². The molecule has 0 bridgehead atoms. The van der Waals surface area contributed by atoms with Crippen molar-refractivity contribution in [3.8, 4) is 0 Å². The van der Waals surface area contributed by atoms with Crippen molar-refractivity contribution in [2.45, 2.75) is 70.2 Å². The van der Waals surface area contributed by atoms with Gasteiger partial charge in [0, 0.05) is 36.5 Å². The maximum atomic E-state index is 13.7. The molecule has 3 aliphatic rings. The Morgan fingerprint density at radius 1 is 1.03 bits per heavy atom. The summed E-state index contributed by atoms with van der Waals surface area (Å²) in [5.41, 5.74) is 3.93. The third-order valence-electron chi connectivity index (χ3n) is 8.11. The first-order valence-corrected chi connectivity index (χ1v) is 15.1. The van der Waals surface area contributed by atoms with Crippen LogP contribution in [0.4, 0.5) is 0 Å². The third-order valence-corrected chi connectivity index (χ3v) is 9.51. The van der Waals surface area contributed by atoms with Crippen molar-refractivity contribution in [1.82, 2.24) is 9.80 Å². The number of aryl methyl sites for hydroxylation is 1. The van der Waals surface area contributed by atoms with Gasteiger partial charge >= 0.3 is 5.97 Å². The van der Waals surface area contributed by atoms with Gasteiger partial charge in [0.1, 0.15) is 0 Å². The second-order valence-electron chi connectivity index (χ2n) is 10.9. The van der Waals surface area contributed by atoms with Crippen molar-refractivity contribution in [3.63, 3.8) is 0 Å². The summed E-state index contributed by atoms with van der Waals surface area (Å²) in [6, 6.07) is 16.3. The average molecular weight is 547 g/mol. The molecular weight excluding hydrogens is 508 g/mol. The molecule has 2 atom stereocenters. The monoisotopic (exact) mass is 546 g/mol.